The van der Waals surface area contributed by atoms with Crippen LogP contribution in [-0.2, 0) is 0 Å². The van der Waals surface area contributed by atoms with E-state index in [1.165, 1.54) is 12.1 Å². The van der Waals surface area contributed by atoms with Crippen LogP contribution >= 0.6 is 22.5 Å². The molecule has 0 aliphatic carbocycles. The summed E-state index contributed by atoms with van der Waals surface area (Å²) < 4.78 is 28.7. The van der Waals surface area contributed by atoms with E-state index in [4.69, 9.17) is 20.7 Å². The number of halogens is 1. The van der Waals surface area contributed by atoms with Gasteiger partial charge in [0.2, 0.25) is 0 Å². The average molecular weight is 300 g/mol. The summed E-state index contributed by atoms with van der Waals surface area (Å²) in [6, 6.07) is 13.5. The lowest BCUT2D eigenvalue weighted by atomic mass is 10.0. The van der Waals surface area contributed by atoms with E-state index in [-0.39, 0.29) is 5.56 Å². The third kappa shape index (κ3) is 3.48. The minimum atomic E-state index is -4.25. The topological polar surface area (TPSA) is 83.8 Å². The number of benzene rings is 2. The van der Waals surface area contributed by atoms with E-state index in [9.17, 15) is 9.66 Å². The van der Waals surface area contributed by atoms with Crippen molar-refractivity contribution in [3.8, 4) is 11.1 Å². The number of hydrogen-bond donors (Lipinski definition) is 3. The van der Waals surface area contributed by atoms with Crippen LogP contribution in [0.5, 0.6) is 0 Å². The predicted molar refractivity (Wildman–Crippen MR) is 75.5 cm³/mol. The summed E-state index contributed by atoms with van der Waals surface area (Å²) in [6.45, 7) is 0. The second kappa shape index (κ2) is 5.50. The molecule has 0 aromatic heterocycles. The molecule has 1 atom stereocenters. The van der Waals surface area contributed by atoms with Gasteiger partial charge in [-0.2, -0.15) is 0 Å². The molecule has 0 aliphatic heterocycles. The number of aliphatic hydroxyl groups is 1. The molecule has 6 heteroatoms. The third-order valence-corrected chi connectivity index (χ3v) is 3.77. The smallest absolute Gasteiger partial charge is 0.139 e. The SMILES string of the molecule is [O-]S(O)(O)C(O)c1ccc(-c2ccc(Cl)cc2)cc1. The van der Waals surface area contributed by atoms with E-state index in [1.54, 1.807) is 24.3 Å². The van der Waals surface area contributed by atoms with E-state index < -0.39 is 16.3 Å². The average Bonchev–Trinajstić information content (AvgIpc) is 2.38. The van der Waals surface area contributed by atoms with Crippen LogP contribution in [0.2, 0.25) is 5.02 Å². The molecule has 0 amide bonds. The highest BCUT2D eigenvalue weighted by Gasteiger charge is 2.17. The van der Waals surface area contributed by atoms with Gasteiger partial charge in [0, 0.05) is 5.02 Å². The molecule has 1 unspecified atom stereocenters. The summed E-state index contributed by atoms with van der Waals surface area (Å²) in [7, 11) is -4.25. The molecule has 0 spiro atoms. The molecule has 102 valence electrons. The van der Waals surface area contributed by atoms with Crippen LogP contribution < -0.4 is 0 Å². The minimum absolute atomic E-state index is 0.174. The quantitative estimate of drug-likeness (QED) is 0.803. The lowest BCUT2D eigenvalue weighted by Crippen LogP contribution is -2.08. The van der Waals surface area contributed by atoms with Crippen LogP contribution in [0, 0.1) is 0 Å². The maximum absolute atomic E-state index is 10.9. The normalized spacial score (nSPS) is 14.2. The van der Waals surface area contributed by atoms with Crippen LogP contribution in [-0.4, -0.2) is 18.8 Å². The van der Waals surface area contributed by atoms with Gasteiger partial charge in [-0.25, -0.2) is 0 Å². The van der Waals surface area contributed by atoms with Crippen molar-refractivity contribution in [2.24, 2.45) is 0 Å². The van der Waals surface area contributed by atoms with E-state index in [0.29, 0.717) is 5.02 Å². The molecule has 3 N–H and O–H groups in total. The predicted octanol–water partition coefficient (Wildman–Crippen LogP) is 3.88. The number of aliphatic hydroxyl groups excluding tert-OH is 1. The molecule has 2 aromatic carbocycles. The molecular formula is C13H12ClO4S-. The van der Waals surface area contributed by atoms with Gasteiger partial charge in [0.05, 0.1) is 0 Å². The first kappa shape index (κ1) is 14.3. The molecule has 2 aromatic rings. The van der Waals surface area contributed by atoms with Crippen LogP contribution in [0.3, 0.4) is 0 Å². The van der Waals surface area contributed by atoms with Crippen molar-refractivity contribution in [3.63, 3.8) is 0 Å². The monoisotopic (exact) mass is 299 g/mol. The molecule has 4 nitrogen and oxygen atoms in total. The molecule has 0 saturated heterocycles. The van der Waals surface area contributed by atoms with E-state index in [2.05, 4.69) is 0 Å². The van der Waals surface area contributed by atoms with Gasteiger partial charge in [0.25, 0.3) is 0 Å². The lowest BCUT2D eigenvalue weighted by molar-refractivity contribution is 0.204. The van der Waals surface area contributed by atoms with E-state index in [1.807, 2.05) is 12.1 Å². The molecule has 2 rings (SSSR count). The third-order valence-electron chi connectivity index (χ3n) is 2.66. The molecular weight excluding hydrogens is 288 g/mol. The van der Waals surface area contributed by atoms with Gasteiger partial charge in [-0.3, -0.25) is 0 Å². The van der Waals surface area contributed by atoms with Crippen LogP contribution in [0.4, 0.5) is 0 Å². The number of hydrogen-bond acceptors (Lipinski definition) is 4. The lowest BCUT2D eigenvalue weighted by Gasteiger charge is -2.38. The minimum Gasteiger partial charge on any atom is -0.771 e. The van der Waals surface area contributed by atoms with Gasteiger partial charge < -0.3 is 18.8 Å². The molecule has 0 aliphatic rings. The van der Waals surface area contributed by atoms with Crippen molar-refractivity contribution in [2.75, 3.05) is 0 Å². The molecule has 0 saturated carbocycles. The van der Waals surface area contributed by atoms with Gasteiger partial charge in [-0.1, -0.05) is 58.9 Å². The largest absolute Gasteiger partial charge is 0.771 e. The highest BCUT2D eigenvalue weighted by Crippen LogP contribution is 2.47. The Morgan fingerprint density at radius 1 is 0.895 bits per heavy atom. The van der Waals surface area contributed by atoms with Crippen molar-refractivity contribution >= 4 is 22.5 Å². The summed E-state index contributed by atoms with van der Waals surface area (Å²) in [5.74, 6) is 0. The zero-order valence-electron chi connectivity index (χ0n) is 9.73. The number of rotatable bonds is 3. The van der Waals surface area contributed by atoms with Gasteiger partial charge in [0.1, 0.15) is 5.44 Å². The Morgan fingerprint density at radius 2 is 1.32 bits per heavy atom. The summed E-state index contributed by atoms with van der Waals surface area (Å²) in [5, 5.41) is 10.1. The van der Waals surface area contributed by atoms with Gasteiger partial charge >= 0.3 is 0 Å². The zero-order chi connectivity index (χ0) is 14.0. The van der Waals surface area contributed by atoms with Gasteiger partial charge in [-0.05, 0) is 28.8 Å². The molecule has 19 heavy (non-hydrogen) atoms. The molecule has 0 heterocycles. The summed E-state index contributed by atoms with van der Waals surface area (Å²) >= 11 is 5.80. The van der Waals surface area contributed by atoms with Crippen LogP contribution in [0.1, 0.15) is 11.0 Å². The maximum atomic E-state index is 10.9. The van der Waals surface area contributed by atoms with E-state index in [0.717, 1.165) is 11.1 Å². The van der Waals surface area contributed by atoms with Gasteiger partial charge in [-0.15, -0.1) is 0 Å². The summed E-state index contributed by atoms with van der Waals surface area (Å²) in [6.07, 6.45) is 0. The highest BCUT2D eigenvalue weighted by atomic mass is 35.5. The van der Waals surface area contributed by atoms with Crippen LogP contribution in [0.25, 0.3) is 11.1 Å². The fourth-order valence-electron chi connectivity index (χ4n) is 1.66. The fourth-order valence-corrected chi connectivity index (χ4v) is 2.30. The molecule has 0 radical (unpaired) electrons. The van der Waals surface area contributed by atoms with Crippen LogP contribution in [0.15, 0.2) is 48.5 Å². The zero-order valence-corrected chi connectivity index (χ0v) is 11.3. The maximum Gasteiger partial charge on any atom is 0.139 e. The van der Waals surface area contributed by atoms with Crippen molar-refractivity contribution in [1.29, 1.82) is 0 Å². The first-order valence-corrected chi connectivity index (χ1v) is 7.31. The molecule has 0 bridgehead atoms. The Labute approximate surface area is 117 Å². The Hall–Kier alpha value is -1.08. The Bertz CT molecular complexity index is 548. The molecule has 0 fully saturated rings. The second-order valence-electron chi connectivity index (χ2n) is 4.02. The van der Waals surface area contributed by atoms with Gasteiger partial charge in [0.15, 0.2) is 0 Å². The Kier molecular flexibility index (Phi) is 4.15. The summed E-state index contributed by atoms with van der Waals surface area (Å²) in [5.41, 5.74) is 0.161. The van der Waals surface area contributed by atoms with Crippen molar-refractivity contribution in [2.45, 2.75) is 5.44 Å². The standard InChI is InChI=1S/C13H13ClO4S/c14-12-7-5-10(6-8-12)9-1-3-11(4-2-9)13(15)19(16,17)18/h1-8,13,15-18H/p-1. The highest BCUT2D eigenvalue weighted by molar-refractivity contribution is 8.19. The second-order valence-corrected chi connectivity index (χ2v) is 5.98. The van der Waals surface area contributed by atoms with Crippen molar-refractivity contribution in [3.05, 3.63) is 59.1 Å². The van der Waals surface area contributed by atoms with Crippen molar-refractivity contribution in [1.82, 2.24) is 0 Å². The first-order valence-electron chi connectivity index (χ1n) is 5.40. The Morgan fingerprint density at radius 3 is 1.74 bits per heavy atom. The van der Waals surface area contributed by atoms with Crippen molar-refractivity contribution < 1.29 is 18.8 Å². The Balaban J connectivity index is 2.26. The van der Waals surface area contributed by atoms with E-state index >= 15 is 0 Å². The fraction of sp³-hybridized carbons (Fsp3) is 0.0769. The first-order chi connectivity index (χ1) is 8.88. The summed E-state index contributed by atoms with van der Waals surface area (Å²) in [4.78, 5) is 0.